The monoisotopic (exact) mass is 280 g/mol. The molecule has 0 radical (unpaired) electrons. The van der Waals surface area contributed by atoms with Gasteiger partial charge in [0.25, 0.3) is 0 Å². The van der Waals surface area contributed by atoms with Crippen LogP contribution in [0.15, 0.2) is 54.7 Å². The second-order valence-corrected chi connectivity index (χ2v) is 5.18. The van der Waals surface area contributed by atoms with E-state index in [9.17, 15) is 0 Å². The van der Waals surface area contributed by atoms with Crippen LogP contribution in [0.2, 0.25) is 0 Å². The smallest absolute Gasteiger partial charge is 0.119 e. The molecule has 0 atom stereocenters. The lowest BCUT2D eigenvalue weighted by atomic mass is 10.2. The van der Waals surface area contributed by atoms with Crippen molar-refractivity contribution in [3.63, 3.8) is 0 Å². The van der Waals surface area contributed by atoms with Crippen LogP contribution in [0, 0.1) is 6.92 Å². The molecule has 0 aliphatic rings. The van der Waals surface area contributed by atoms with Gasteiger partial charge in [0.05, 0.1) is 7.11 Å². The Kier molecular flexibility index (Phi) is 3.82. The number of hydrogen-bond acceptors (Lipinski definition) is 2. The maximum atomic E-state index is 5.26. The van der Waals surface area contributed by atoms with Crippen molar-refractivity contribution in [1.29, 1.82) is 0 Å². The molecule has 0 saturated heterocycles. The number of nitrogens with zero attached hydrogens (tertiary/aromatic N) is 1. The quantitative estimate of drug-likeness (QED) is 0.762. The zero-order valence-corrected chi connectivity index (χ0v) is 12.5. The average molecular weight is 280 g/mol. The molecule has 3 aromatic rings. The lowest BCUT2D eigenvalue weighted by Gasteiger charge is -2.11. The van der Waals surface area contributed by atoms with Crippen LogP contribution in [0.1, 0.15) is 5.56 Å². The largest absolute Gasteiger partial charge is 0.497 e. The van der Waals surface area contributed by atoms with Crippen LogP contribution in [0.5, 0.6) is 5.75 Å². The van der Waals surface area contributed by atoms with Crippen molar-refractivity contribution in [2.45, 2.75) is 13.5 Å². The molecule has 2 aromatic carbocycles. The molecule has 3 nitrogen and oxygen atoms in total. The van der Waals surface area contributed by atoms with Gasteiger partial charge in [0.15, 0.2) is 0 Å². The molecule has 21 heavy (non-hydrogen) atoms. The lowest BCUT2D eigenvalue weighted by Crippen LogP contribution is -2.10. The highest BCUT2D eigenvalue weighted by atomic mass is 16.5. The second-order valence-electron chi connectivity index (χ2n) is 5.18. The summed E-state index contributed by atoms with van der Waals surface area (Å²) < 4.78 is 7.53. The summed E-state index contributed by atoms with van der Waals surface area (Å²) in [5.41, 5.74) is 3.72. The molecule has 0 saturated carbocycles. The van der Waals surface area contributed by atoms with Crippen molar-refractivity contribution < 1.29 is 4.74 Å². The van der Waals surface area contributed by atoms with E-state index in [1.165, 1.54) is 22.2 Å². The van der Waals surface area contributed by atoms with E-state index in [4.69, 9.17) is 4.74 Å². The number of benzene rings is 2. The number of para-hydroxylation sites is 1. The molecule has 0 spiro atoms. The van der Waals surface area contributed by atoms with E-state index in [1.54, 1.807) is 7.11 Å². The summed E-state index contributed by atoms with van der Waals surface area (Å²) in [5, 5.41) is 4.71. The minimum Gasteiger partial charge on any atom is -0.497 e. The summed E-state index contributed by atoms with van der Waals surface area (Å²) >= 11 is 0. The summed E-state index contributed by atoms with van der Waals surface area (Å²) in [4.78, 5) is 0. The Morgan fingerprint density at radius 1 is 1.10 bits per heavy atom. The maximum absolute atomic E-state index is 5.26. The van der Waals surface area contributed by atoms with Gasteiger partial charge in [0.1, 0.15) is 5.75 Å². The van der Waals surface area contributed by atoms with Crippen LogP contribution in [0.25, 0.3) is 10.9 Å². The molecule has 1 aromatic heterocycles. The van der Waals surface area contributed by atoms with Gasteiger partial charge in [0.2, 0.25) is 0 Å². The molecule has 0 aliphatic heterocycles. The normalized spacial score (nSPS) is 10.8. The van der Waals surface area contributed by atoms with E-state index < -0.39 is 0 Å². The molecule has 3 heteroatoms. The second kappa shape index (κ2) is 5.92. The molecule has 0 fully saturated rings. The molecule has 3 rings (SSSR count). The summed E-state index contributed by atoms with van der Waals surface area (Å²) in [6, 6.07) is 16.7. The molecule has 0 bridgehead atoms. The van der Waals surface area contributed by atoms with Gasteiger partial charge in [-0.1, -0.05) is 18.2 Å². The van der Waals surface area contributed by atoms with E-state index in [0.29, 0.717) is 0 Å². The Hall–Kier alpha value is -2.42. The number of ether oxygens (including phenoxy) is 1. The van der Waals surface area contributed by atoms with E-state index in [0.717, 1.165) is 18.8 Å². The zero-order valence-electron chi connectivity index (χ0n) is 12.5. The van der Waals surface area contributed by atoms with Gasteiger partial charge in [-0.2, -0.15) is 0 Å². The first kappa shape index (κ1) is 13.6. The molecular formula is C18H20N2O. The Balaban J connectivity index is 1.70. The molecule has 108 valence electrons. The Morgan fingerprint density at radius 3 is 2.76 bits per heavy atom. The summed E-state index contributed by atoms with van der Waals surface area (Å²) in [6.45, 7) is 3.96. The molecule has 1 heterocycles. The van der Waals surface area contributed by atoms with Gasteiger partial charge in [0, 0.05) is 35.9 Å². The lowest BCUT2D eigenvalue weighted by molar-refractivity contribution is 0.415. The van der Waals surface area contributed by atoms with Crippen LogP contribution in [0.4, 0.5) is 5.69 Å². The van der Waals surface area contributed by atoms with E-state index in [2.05, 4.69) is 65.5 Å². The van der Waals surface area contributed by atoms with Crippen molar-refractivity contribution >= 4 is 16.6 Å². The number of rotatable bonds is 5. The third-order valence-corrected chi connectivity index (χ3v) is 3.79. The minimum absolute atomic E-state index is 0.901. The van der Waals surface area contributed by atoms with Crippen LogP contribution in [-0.2, 0) is 6.54 Å². The minimum atomic E-state index is 0.901. The highest BCUT2D eigenvalue weighted by molar-refractivity contribution is 5.81. The third kappa shape index (κ3) is 2.87. The Morgan fingerprint density at radius 2 is 1.95 bits per heavy atom. The first-order valence-electron chi connectivity index (χ1n) is 7.20. The van der Waals surface area contributed by atoms with Gasteiger partial charge in [-0.25, -0.2) is 0 Å². The van der Waals surface area contributed by atoms with Gasteiger partial charge >= 0.3 is 0 Å². The van der Waals surface area contributed by atoms with Gasteiger partial charge in [-0.05, 0) is 42.8 Å². The Labute approximate surface area is 125 Å². The van der Waals surface area contributed by atoms with Crippen LogP contribution in [0.3, 0.4) is 0 Å². The molecule has 0 unspecified atom stereocenters. The number of nitrogens with one attached hydrogen (secondary N) is 1. The fourth-order valence-corrected chi connectivity index (χ4v) is 2.58. The predicted molar refractivity (Wildman–Crippen MR) is 88.2 cm³/mol. The third-order valence-electron chi connectivity index (χ3n) is 3.79. The highest BCUT2D eigenvalue weighted by Crippen LogP contribution is 2.21. The zero-order chi connectivity index (χ0) is 14.7. The van der Waals surface area contributed by atoms with Crippen molar-refractivity contribution in [1.82, 2.24) is 4.57 Å². The topological polar surface area (TPSA) is 26.2 Å². The van der Waals surface area contributed by atoms with Crippen molar-refractivity contribution in [2.75, 3.05) is 19.0 Å². The molecule has 0 amide bonds. The Bertz CT molecular complexity index is 746. The summed E-state index contributed by atoms with van der Waals surface area (Å²) in [5.74, 6) is 0.901. The van der Waals surface area contributed by atoms with Crippen LogP contribution >= 0.6 is 0 Å². The fourth-order valence-electron chi connectivity index (χ4n) is 2.58. The van der Waals surface area contributed by atoms with Crippen LogP contribution < -0.4 is 10.1 Å². The molecule has 1 N–H and O–H groups in total. The number of fused-ring (bicyclic) bond motifs is 1. The highest BCUT2D eigenvalue weighted by Gasteiger charge is 2.02. The first-order chi connectivity index (χ1) is 10.3. The van der Waals surface area contributed by atoms with Crippen molar-refractivity contribution in [2.24, 2.45) is 0 Å². The average Bonchev–Trinajstić information content (AvgIpc) is 2.91. The van der Waals surface area contributed by atoms with Gasteiger partial charge < -0.3 is 14.6 Å². The molecular weight excluding hydrogens is 260 g/mol. The molecule has 0 aliphatic carbocycles. The number of methoxy groups -OCH3 is 1. The standard InChI is InChI=1S/C18H20N2O/c1-14-5-3-4-6-17(14)19-10-12-20-11-9-15-13-16(21-2)7-8-18(15)20/h3-9,11,13,19H,10,12H2,1-2H3. The van der Waals surface area contributed by atoms with E-state index >= 15 is 0 Å². The van der Waals surface area contributed by atoms with Crippen LogP contribution in [-0.4, -0.2) is 18.2 Å². The fraction of sp³-hybridized carbons (Fsp3) is 0.222. The van der Waals surface area contributed by atoms with Crippen molar-refractivity contribution in [3.05, 3.63) is 60.3 Å². The SMILES string of the molecule is COc1ccc2c(ccn2CCNc2ccccc2C)c1. The van der Waals surface area contributed by atoms with Crippen molar-refractivity contribution in [3.8, 4) is 5.75 Å². The van der Waals surface area contributed by atoms with E-state index in [1.807, 2.05) is 6.07 Å². The predicted octanol–water partition coefficient (Wildman–Crippen LogP) is 4.07. The summed E-state index contributed by atoms with van der Waals surface area (Å²) in [6.07, 6.45) is 2.13. The number of hydrogen-bond donors (Lipinski definition) is 1. The van der Waals surface area contributed by atoms with Gasteiger partial charge in [-0.15, -0.1) is 0 Å². The maximum Gasteiger partial charge on any atom is 0.119 e. The number of aromatic nitrogens is 1. The van der Waals surface area contributed by atoms with Gasteiger partial charge in [-0.3, -0.25) is 0 Å². The summed E-state index contributed by atoms with van der Waals surface area (Å²) in [7, 11) is 1.70. The number of anilines is 1. The number of aryl methyl sites for hydroxylation is 1. The van der Waals surface area contributed by atoms with E-state index in [-0.39, 0.29) is 0 Å². The first-order valence-corrected chi connectivity index (χ1v) is 7.20.